The number of hydrogen-bond donors (Lipinski definition) is 0. The second-order valence-electron chi connectivity index (χ2n) is 5.79. The number of carbonyl (C=O) groups is 1. The Morgan fingerprint density at radius 1 is 1.04 bits per heavy atom. The van der Waals surface area contributed by atoms with Crippen LogP contribution < -0.4 is 14.4 Å². The van der Waals surface area contributed by atoms with Crippen LogP contribution in [0.25, 0.3) is 0 Å². The molecule has 0 N–H and O–H groups in total. The third-order valence-electron chi connectivity index (χ3n) is 4.23. The van der Waals surface area contributed by atoms with Gasteiger partial charge in [-0.2, -0.15) is 0 Å². The number of halogens is 1. The van der Waals surface area contributed by atoms with Crippen molar-refractivity contribution in [2.24, 2.45) is 0 Å². The number of benzene rings is 2. The molecule has 1 amide bonds. The molecule has 1 aliphatic rings. The monoisotopic (exact) mass is 344 g/mol. The molecule has 0 saturated carbocycles. The fourth-order valence-electron chi connectivity index (χ4n) is 2.83. The zero-order valence-electron chi connectivity index (χ0n) is 14.2. The first-order valence-electron chi connectivity index (χ1n) is 8.21. The normalized spacial score (nSPS) is 14.3. The largest absolute Gasteiger partial charge is 0.497 e. The van der Waals surface area contributed by atoms with Crippen LogP contribution in [0.1, 0.15) is 0 Å². The summed E-state index contributed by atoms with van der Waals surface area (Å²) in [6.45, 7) is 2.29. The van der Waals surface area contributed by atoms with Gasteiger partial charge in [0.2, 0.25) is 0 Å². The third-order valence-corrected chi connectivity index (χ3v) is 4.23. The number of methoxy groups -OCH3 is 1. The molecule has 0 unspecified atom stereocenters. The van der Waals surface area contributed by atoms with E-state index in [-0.39, 0.29) is 18.3 Å². The van der Waals surface area contributed by atoms with Gasteiger partial charge >= 0.3 is 0 Å². The summed E-state index contributed by atoms with van der Waals surface area (Å²) >= 11 is 0. The summed E-state index contributed by atoms with van der Waals surface area (Å²) in [4.78, 5) is 16.0. The number of hydrogen-bond acceptors (Lipinski definition) is 4. The van der Waals surface area contributed by atoms with Crippen LogP contribution in [0.5, 0.6) is 11.5 Å². The van der Waals surface area contributed by atoms with Crippen LogP contribution >= 0.6 is 0 Å². The summed E-state index contributed by atoms with van der Waals surface area (Å²) in [5, 5.41) is 0. The molecular formula is C19H21FN2O3. The van der Waals surface area contributed by atoms with Crippen molar-refractivity contribution in [3.8, 4) is 11.5 Å². The van der Waals surface area contributed by atoms with E-state index in [0.29, 0.717) is 43.4 Å². The smallest absolute Gasteiger partial charge is 0.260 e. The SMILES string of the molecule is COc1cccc(OCC(=O)N2CCN(c3ccccc3F)CC2)c1. The molecule has 1 heterocycles. The predicted molar refractivity (Wildman–Crippen MR) is 93.7 cm³/mol. The van der Waals surface area contributed by atoms with Crippen LogP contribution in [0.15, 0.2) is 48.5 Å². The van der Waals surface area contributed by atoms with Gasteiger partial charge in [0.05, 0.1) is 12.8 Å². The topological polar surface area (TPSA) is 42.0 Å². The van der Waals surface area contributed by atoms with E-state index in [1.807, 2.05) is 23.1 Å². The van der Waals surface area contributed by atoms with Gasteiger partial charge in [-0.3, -0.25) is 4.79 Å². The van der Waals surface area contributed by atoms with Crippen molar-refractivity contribution in [3.63, 3.8) is 0 Å². The molecule has 1 saturated heterocycles. The second-order valence-corrected chi connectivity index (χ2v) is 5.79. The highest BCUT2D eigenvalue weighted by atomic mass is 19.1. The van der Waals surface area contributed by atoms with Crippen molar-refractivity contribution in [1.29, 1.82) is 0 Å². The van der Waals surface area contributed by atoms with Crippen LogP contribution in [0.2, 0.25) is 0 Å². The zero-order valence-corrected chi connectivity index (χ0v) is 14.2. The molecule has 0 radical (unpaired) electrons. The van der Waals surface area contributed by atoms with Crippen LogP contribution in [-0.4, -0.2) is 50.7 Å². The first-order valence-corrected chi connectivity index (χ1v) is 8.21. The molecule has 1 fully saturated rings. The van der Waals surface area contributed by atoms with E-state index < -0.39 is 0 Å². The van der Waals surface area contributed by atoms with Crippen molar-refractivity contribution in [2.45, 2.75) is 0 Å². The minimum absolute atomic E-state index is 0.0210. The third kappa shape index (κ3) is 4.21. The molecule has 0 atom stereocenters. The number of para-hydroxylation sites is 1. The van der Waals surface area contributed by atoms with E-state index in [0.717, 1.165) is 0 Å². The Balaban J connectivity index is 1.50. The molecule has 2 aromatic carbocycles. The van der Waals surface area contributed by atoms with E-state index >= 15 is 0 Å². The lowest BCUT2D eigenvalue weighted by atomic mass is 10.2. The second kappa shape index (κ2) is 7.88. The standard InChI is InChI=1S/C19H21FN2O3/c1-24-15-5-4-6-16(13-15)25-14-19(23)22-11-9-21(10-12-22)18-8-3-2-7-17(18)20/h2-8,13H,9-12,14H2,1H3. The van der Waals surface area contributed by atoms with Crippen molar-refractivity contribution >= 4 is 11.6 Å². The van der Waals surface area contributed by atoms with Crippen LogP contribution in [-0.2, 0) is 4.79 Å². The fourth-order valence-corrected chi connectivity index (χ4v) is 2.83. The van der Waals surface area contributed by atoms with Gasteiger partial charge in [-0.25, -0.2) is 4.39 Å². The molecule has 0 spiro atoms. The summed E-state index contributed by atoms with van der Waals surface area (Å²) in [6.07, 6.45) is 0. The minimum atomic E-state index is -0.233. The van der Waals surface area contributed by atoms with Crippen molar-refractivity contribution < 1.29 is 18.7 Å². The van der Waals surface area contributed by atoms with E-state index in [2.05, 4.69) is 0 Å². The Kier molecular flexibility index (Phi) is 5.38. The van der Waals surface area contributed by atoms with E-state index in [9.17, 15) is 9.18 Å². The maximum Gasteiger partial charge on any atom is 0.260 e. The van der Waals surface area contributed by atoms with Gasteiger partial charge in [0.1, 0.15) is 17.3 Å². The molecule has 0 bridgehead atoms. The fraction of sp³-hybridized carbons (Fsp3) is 0.316. The molecule has 3 rings (SSSR count). The number of carbonyl (C=O) groups excluding carboxylic acids is 1. The molecule has 132 valence electrons. The Bertz CT molecular complexity index is 730. The molecule has 1 aliphatic heterocycles. The summed E-state index contributed by atoms with van der Waals surface area (Å²) in [6, 6.07) is 13.9. The van der Waals surface area contributed by atoms with Gasteiger partial charge in [-0.05, 0) is 24.3 Å². The number of nitrogens with zero attached hydrogens (tertiary/aromatic N) is 2. The minimum Gasteiger partial charge on any atom is -0.497 e. The first kappa shape index (κ1) is 17.1. The summed E-state index contributed by atoms with van der Waals surface area (Å²) < 4.78 is 24.5. The van der Waals surface area contributed by atoms with E-state index in [1.165, 1.54) is 6.07 Å². The van der Waals surface area contributed by atoms with Crippen molar-refractivity contribution in [2.75, 3.05) is 44.8 Å². The average molecular weight is 344 g/mol. The van der Waals surface area contributed by atoms with Gasteiger partial charge < -0.3 is 19.3 Å². The van der Waals surface area contributed by atoms with Gasteiger partial charge in [0.15, 0.2) is 6.61 Å². The van der Waals surface area contributed by atoms with Crippen molar-refractivity contribution in [1.82, 2.24) is 4.90 Å². The molecular weight excluding hydrogens is 323 g/mol. The van der Waals surface area contributed by atoms with Gasteiger partial charge in [0.25, 0.3) is 5.91 Å². The first-order chi connectivity index (χ1) is 12.2. The Labute approximate surface area is 146 Å². The molecule has 0 aliphatic carbocycles. The number of amides is 1. The molecule has 25 heavy (non-hydrogen) atoms. The lowest BCUT2D eigenvalue weighted by molar-refractivity contribution is -0.133. The lowest BCUT2D eigenvalue weighted by Crippen LogP contribution is -2.50. The average Bonchev–Trinajstić information content (AvgIpc) is 2.67. The molecule has 5 nitrogen and oxygen atoms in total. The van der Waals surface area contributed by atoms with Gasteiger partial charge in [0, 0.05) is 32.2 Å². The number of anilines is 1. The maximum atomic E-state index is 13.8. The summed E-state index contributed by atoms with van der Waals surface area (Å²) in [5.74, 6) is 0.973. The van der Waals surface area contributed by atoms with Gasteiger partial charge in [-0.15, -0.1) is 0 Å². The maximum absolute atomic E-state index is 13.8. The van der Waals surface area contributed by atoms with Crippen molar-refractivity contribution in [3.05, 3.63) is 54.3 Å². The highest BCUT2D eigenvalue weighted by molar-refractivity contribution is 5.78. The lowest BCUT2D eigenvalue weighted by Gasteiger charge is -2.36. The number of rotatable bonds is 5. The van der Waals surface area contributed by atoms with Crippen LogP contribution in [0, 0.1) is 5.82 Å². The highest BCUT2D eigenvalue weighted by Gasteiger charge is 2.22. The predicted octanol–water partition coefficient (Wildman–Crippen LogP) is 2.56. The Hall–Kier alpha value is -2.76. The quantitative estimate of drug-likeness (QED) is 0.836. The Morgan fingerprint density at radius 3 is 2.48 bits per heavy atom. The number of piperazine rings is 1. The van der Waals surface area contributed by atoms with E-state index in [1.54, 1.807) is 36.3 Å². The molecule has 6 heteroatoms. The zero-order chi connectivity index (χ0) is 17.6. The summed E-state index contributed by atoms with van der Waals surface area (Å²) in [7, 11) is 1.58. The highest BCUT2D eigenvalue weighted by Crippen LogP contribution is 2.21. The van der Waals surface area contributed by atoms with E-state index in [4.69, 9.17) is 9.47 Å². The number of ether oxygens (including phenoxy) is 2. The molecule has 2 aromatic rings. The summed E-state index contributed by atoms with van der Waals surface area (Å²) in [5.41, 5.74) is 0.585. The van der Waals surface area contributed by atoms with Crippen LogP contribution in [0.4, 0.5) is 10.1 Å². The Morgan fingerprint density at radius 2 is 1.76 bits per heavy atom. The molecule has 0 aromatic heterocycles. The van der Waals surface area contributed by atoms with Gasteiger partial charge in [-0.1, -0.05) is 18.2 Å². The van der Waals surface area contributed by atoms with Crippen LogP contribution in [0.3, 0.4) is 0 Å².